The lowest BCUT2D eigenvalue weighted by molar-refractivity contribution is -0.130. The molecule has 0 aromatic heterocycles. The maximum Gasteiger partial charge on any atom is 0.222 e. The van der Waals surface area contributed by atoms with E-state index in [1.165, 1.54) is 0 Å². The van der Waals surface area contributed by atoms with Gasteiger partial charge < -0.3 is 25.0 Å². The highest BCUT2D eigenvalue weighted by atomic mass is 16.5. The first-order valence-corrected chi connectivity index (χ1v) is 11.7. The molecule has 1 saturated heterocycles. The Morgan fingerprint density at radius 2 is 2.03 bits per heavy atom. The number of rotatable bonds is 12. The smallest absolute Gasteiger partial charge is 0.222 e. The van der Waals surface area contributed by atoms with Crippen molar-refractivity contribution in [1.82, 2.24) is 15.5 Å². The van der Waals surface area contributed by atoms with Crippen LogP contribution in [0.15, 0.2) is 23.2 Å². The first-order chi connectivity index (χ1) is 15.1. The minimum Gasteiger partial charge on any atom is -0.491 e. The highest BCUT2D eigenvalue weighted by molar-refractivity contribution is 5.79. The van der Waals surface area contributed by atoms with Crippen LogP contribution in [0.3, 0.4) is 0 Å². The van der Waals surface area contributed by atoms with Crippen LogP contribution in [-0.4, -0.2) is 62.8 Å². The summed E-state index contributed by atoms with van der Waals surface area (Å²) in [6, 6.07) is 6.21. The van der Waals surface area contributed by atoms with Crippen LogP contribution >= 0.6 is 0 Å². The molecule has 1 aromatic rings. The minimum absolute atomic E-state index is 0.300. The number of benzene rings is 1. The number of guanidine groups is 1. The van der Waals surface area contributed by atoms with E-state index in [0.29, 0.717) is 38.7 Å². The Hall–Kier alpha value is -2.28. The molecule has 1 aromatic carbocycles. The number of hydrogen-bond donors (Lipinski definition) is 2. The van der Waals surface area contributed by atoms with Gasteiger partial charge in [-0.1, -0.05) is 18.6 Å². The van der Waals surface area contributed by atoms with Gasteiger partial charge in [0.2, 0.25) is 5.91 Å². The molecule has 0 radical (unpaired) electrons. The zero-order valence-electron chi connectivity index (χ0n) is 19.5. The van der Waals surface area contributed by atoms with E-state index in [-0.39, 0.29) is 0 Å². The average molecular weight is 433 g/mol. The monoisotopic (exact) mass is 432 g/mol. The lowest BCUT2D eigenvalue weighted by atomic mass is 10.1. The summed E-state index contributed by atoms with van der Waals surface area (Å²) in [4.78, 5) is 18.9. The molecule has 2 N–H and O–H groups in total. The molecule has 0 unspecified atom stereocenters. The van der Waals surface area contributed by atoms with Crippen LogP contribution in [0.1, 0.15) is 57.1 Å². The Morgan fingerprint density at radius 1 is 1.16 bits per heavy atom. The van der Waals surface area contributed by atoms with E-state index < -0.39 is 0 Å². The largest absolute Gasteiger partial charge is 0.491 e. The van der Waals surface area contributed by atoms with E-state index >= 15 is 0 Å². The van der Waals surface area contributed by atoms with Crippen molar-refractivity contribution in [2.75, 3.05) is 46.0 Å². The van der Waals surface area contributed by atoms with E-state index in [0.717, 1.165) is 74.7 Å². The molecule has 1 heterocycles. The summed E-state index contributed by atoms with van der Waals surface area (Å²) in [6.07, 6.45) is 4.92. The molecule has 0 atom stereocenters. The van der Waals surface area contributed by atoms with Crippen LogP contribution in [0.5, 0.6) is 5.75 Å². The van der Waals surface area contributed by atoms with Crippen LogP contribution < -0.4 is 15.4 Å². The molecule has 0 saturated carbocycles. The number of nitrogens with one attached hydrogen (secondary N) is 2. The number of likely N-dealkylation sites (tertiary alicyclic amines) is 1. The van der Waals surface area contributed by atoms with Crippen molar-refractivity contribution >= 4 is 11.9 Å². The molecule has 1 amide bonds. The van der Waals surface area contributed by atoms with Gasteiger partial charge in [0.1, 0.15) is 12.4 Å². The second-order valence-corrected chi connectivity index (χ2v) is 7.82. The third-order valence-electron chi connectivity index (χ3n) is 5.23. The SMILES string of the molecule is CCNC(=NCc1ccc(C)cc1OCCOCC)NCCCN1CCCCCC1=O. The molecule has 7 heteroatoms. The topological polar surface area (TPSA) is 75.2 Å². The fraction of sp³-hybridized carbons (Fsp3) is 0.667. The standard InChI is InChI=1S/C24H40N4O3/c1-4-25-24(26-13-9-15-28-14-8-6-7-10-23(28)29)27-19-21-12-11-20(3)18-22(21)31-17-16-30-5-2/h11-12,18H,4-10,13-17,19H2,1-3H3,(H2,25,26,27). The molecule has 0 bridgehead atoms. The van der Waals surface area contributed by atoms with E-state index in [2.05, 4.69) is 42.7 Å². The molecule has 0 spiro atoms. The van der Waals surface area contributed by atoms with Crippen molar-refractivity contribution in [2.45, 2.75) is 59.4 Å². The first-order valence-electron chi connectivity index (χ1n) is 11.7. The summed E-state index contributed by atoms with van der Waals surface area (Å²) in [5.74, 6) is 1.94. The molecule has 1 aliphatic heterocycles. The average Bonchev–Trinajstić information content (AvgIpc) is 2.97. The quantitative estimate of drug-likeness (QED) is 0.301. The molecule has 174 valence electrons. The van der Waals surface area contributed by atoms with Gasteiger partial charge in [-0.3, -0.25) is 4.79 Å². The van der Waals surface area contributed by atoms with Gasteiger partial charge in [0, 0.05) is 44.8 Å². The summed E-state index contributed by atoms with van der Waals surface area (Å²) >= 11 is 0. The Balaban J connectivity index is 1.86. The Kier molecular flexibility index (Phi) is 11.8. The molecule has 1 aliphatic rings. The summed E-state index contributed by atoms with van der Waals surface area (Å²) in [5.41, 5.74) is 2.21. The van der Waals surface area contributed by atoms with Gasteiger partial charge in [0.15, 0.2) is 5.96 Å². The van der Waals surface area contributed by atoms with Crippen molar-refractivity contribution in [2.24, 2.45) is 4.99 Å². The number of carbonyl (C=O) groups is 1. The Morgan fingerprint density at radius 3 is 2.84 bits per heavy atom. The number of aryl methyl sites for hydroxylation is 1. The minimum atomic E-state index is 0.300. The summed E-state index contributed by atoms with van der Waals surface area (Å²) < 4.78 is 11.3. The van der Waals surface area contributed by atoms with E-state index in [1.54, 1.807) is 0 Å². The van der Waals surface area contributed by atoms with Gasteiger partial charge in [0.05, 0.1) is 13.2 Å². The lowest BCUT2D eigenvalue weighted by Gasteiger charge is -2.20. The number of amides is 1. The fourth-order valence-electron chi connectivity index (χ4n) is 3.54. The van der Waals surface area contributed by atoms with E-state index in [1.807, 2.05) is 11.8 Å². The van der Waals surface area contributed by atoms with Gasteiger partial charge in [-0.15, -0.1) is 0 Å². The molecular weight excluding hydrogens is 392 g/mol. The van der Waals surface area contributed by atoms with Crippen molar-refractivity contribution in [1.29, 1.82) is 0 Å². The summed E-state index contributed by atoms with van der Waals surface area (Å²) in [6.45, 7) is 11.7. The molecule has 7 nitrogen and oxygen atoms in total. The number of carbonyl (C=O) groups excluding carboxylic acids is 1. The number of ether oxygens (including phenoxy) is 2. The second-order valence-electron chi connectivity index (χ2n) is 7.82. The molecule has 2 rings (SSSR count). The summed E-state index contributed by atoms with van der Waals surface area (Å²) in [5, 5.41) is 6.69. The fourth-order valence-corrected chi connectivity index (χ4v) is 3.54. The highest BCUT2D eigenvalue weighted by Gasteiger charge is 2.15. The number of hydrogen-bond acceptors (Lipinski definition) is 4. The number of nitrogens with zero attached hydrogens (tertiary/aromatic N) is 2. The third kappa shape index (κ3) is 9.59. The Labute approximate surface area is 187 Å². The first kappa shape index (κ1) is 25.0. The predicted molar refractivity (Wildman–Crippen MR) is 126 cm³/mol. The van der Waals surface area contributed by atoms with Crippen molar-refractivity contribution in [3.8, 4) is 5.75 Å². The van der Waals surface area contributed by atoms with Crippen LogP contribution in [0.25, 0.3) is 0 Å². The third-order valence-corrected chi connectivity index (χ3v) is 5.23. The Bertz CT molecular complexity index is 693. The van der Waals surface area contributed by atoms with E-state index in [9.17, 15) is 4.79 Å². The van der Waals surface area contributed by atoms with Crippen LogP contribution in [0, 0.1) is 6.92 Å². The maximum absolute atomic E-state index is 12.1. The molecule has 31 heavy (non-hydrogen) atoms. The normalized spacial score (nSPS) is 15.0. The second kappa shape index (κ2) is 14.7. The van der Waals surface area contributed by atoms with Gasteiger partial charge in [-0.2, -0.15) is 0 Å². The van der Waals surface area contributed by atoms with Crippen molar-refractivity contribution in [3.63, 3.8) is 0 Å². The van der Waals surface area contributed by atoms with Gasteiger partial charge in [-0.05, 0) is 51.7 Å². The summed E-state index contributed by atoms with van der Waals surface area (Å²) in [7, 11) is 0. The zero-order chi connectivity index (χ0) is 22.3. The van der Waals surface area contributed by atoms with E-state index in [4.69, 9.17) is 14.5 Å². The maximum atomic E-state index is 12.1. The van der Waals surface area contributed by atoms with Crippen molar-refractivity contribution < 1.29 is 14.3 Å². The lowest BCUT2D eigenvalue weighted by Crippen LogP contribution is -2.39. The van der Waals surface area contributed by atoms with Crippen molar-refractivity contribution in [3.05, 3.63) is 29.3 Å². The number of aliphatic imine (C=N–C) groups is 1. The van der Waals surface area contributed by atoms with Crippen LogP contribution in [0.4, 0.5) is 0 Å². The highest BCUT2D eigenvalue weighted by Crippen LogP contribution is 2.21. The van der Waals surface area contributed by atoms with Crippen LogP contribution in [-0.2, 0) is 16.1 Å². The molecule has 1 fully saturated rings. The van der Waals surface area contributed by atoms with Gasteiger partial charge >= 0.3 is 0 Å². The van der Waals surface area contributed by atoms with Gasteiger partial charge in [-0.25, -0.2) is 4.99 Å². The van der Waals surface area contributed by atoms with Crippen LogP contribution in [0.2, 0.25) is 0 Å². The van der Waals surface area contributed by atoms with Gasteiger partial charge in [0.25, 0.3) is 0 Å². The zero-order valence-corrected chi connectivity index (χ0v) is 19.5. The molecule has 0 aliphatic carbocycles. The molecular formula is C24H40N4O3. The predicted octanol–water partition coefficient (Wildman–Crippen LogP) is 3.26.